The number of phenolic OH excluding ortho intramolecular Hbond substituents is 1. The van der Waals surface area contributed by atoms with Crippen molar-refractivity contribution in [1.82, 2.24) is 0 Å². The van der Waals surface area contributed by atoms with Gasteiger partial charge in [0.2, 0.25) is 0 Å². The topological polar surface area (TPSA) is 41.5 Å². The van der Waals surface area contributed by atoms with Crippen LogP contribution in [0.15, 0.2) is 42.5 Å². The molecule has 0 atom stereocenters. The summed E-state index contributed by atoms with van der Waals surface area (Å²) in [5.41, 5.74) is 2.81. The van der Waals surface area contributed by atoms with E-state index < -0.39 is 5.82 Å². The van der Waals surface area contributed by atoms with Crippen molar-refractivity contribution in [2.24, 2.45) is 0 Å². The largest absolute Gasteiger partial charge is 0.505 e. The molecular formula is C15H16FNO2. The fraction of sp³-hybridized carbons (Fsp3) is 0.200. The highest BCUT2D eigenvalue weighted by molar-refractivity contribution is 5.47. The zero-order valence-electron chi connectivity index (χ0n) is 10.7. The standard InChI is InChI=1S/C15H16FNO2/c1-19-10-12-4-2-3-11(7-12)9-17-13-5-6-15(18)14(16)8-13/h2-8,17-18H,9-10H2,1H3. The van der Waals surface area contributed by atoms with Gasteiger partial charge >= 0.3 is 0 Å². The Kier molecular flexibility index (Phi) is 4.36. The van der Waals surface area contributed by atoms with Gasteiger partial charge in [-0.2, -0.15) is 0 Å². The molecule has 2 rings (SSSR count). The van der Waals surface area contributed by atoms with Crippen LogP contribution in [0.4, 0.5) is 10.1 Å². The van der Waals surface area contributed by atoms with E-state index in [0.717, 1.165) is 11.1 Å². The van der Waals surface area contributed by atoms with Gasteiger partial charge in [0.05, 0.1) is 6.61 Å². The first-order valence-corrected chi connectivity index (χ1v) is 5.98. The molecule has 4 heteroatoms. The Balaban J connectivity index is 2.01. The highest BCUT2D eigenvalue weighted by Gasteiger charge is 2.01. The molecule has 0 radical (unpaired) electrons. The van der Waals surface area contributed by atoms with Crippen LogP contribution in [0, 0.1) is 5.82 Å². The van der Waals surface area contributed by atoms with E-state index in [2.05, 4.69) is 5.32 Å². The first kappa shape index (κ1) is 13.4. The molecule has 2 aromatic rings. The van der Waals surface area contributed by atoms with Crippen molar-refractivity contribution >= 4 is 5.69 Å². The first-order chi connectivity index (χ1) is 9.19. The Hall–Kier alpha value is -2.07. The second kappa shape index (κ2) is 6.20. The van der Waals surface area contributed by atoms with E-state index in [1.165, 1.54) is 12.1 Å². The van der Waals surface area contributed by atoms with Crippen LogP contribution in [0.2, 0.25) is 0 Å². The van der Waals surface area contributed by atoms with Crippen molar-refractivity contribution in [3.05, 3.63) is 59.4 Å². The highest BCUT2D eigenvalue weighted by Crippen LogP contribution is 2.20. The van der Waals surface area contributed by atoms with E-state index in [-0.39, 0.29) is 5.75 Å². The maximum absolute atomic E-state index is 13.2. The summed E-state index contributed by atoms with van der Waals surface area (Å²) < 4.78 is 18.2. The van der Waals surface area contributed by atoms with E-state index >= 15 is 0 Å². The monoisotopic (exact) mass is 261 g/mol. The summed E-state index contributed by atoms with van der Waals surface area (Å²) in [6, 6.07) is 12.2. The van der Waals surface area contributed by atoms with Gasteiger partial charge in [0.1, 0.15) is 0 Å². The number of hydrogen-bond donors (Lipinski definition) is 2. The quantitative estimate of drug-likeness (QED) is 0.811. The number of rotatable bonds is 5. The van der Waals surface area contributed by atoms with Gasteiger partial charge in [-0.3, -0.25) is 0 Å². The van der Waals surface area contributed by atoms with Crippen molar-refractivity contribution in [1.29, 1.82) is 0 Å². The summed E-state index contributed by atoms with van der Waals surface area (Å²) >= 11 is 0. The van der Waals surface area contributed by atoms with Gasteiger partial charge in [-0.15, -0.1) is 0 Å². The van der Waals surface area contributed by atoms with E-state index in [4.69, 9.17) is 9.84 Å². The number of methoxy groups -OCH3 is 1. The Morgan fingerprint density at radius 3 is 2.68 bits per heavy atom. The summed E-state index contributed by atoms with van der Waals surface area (Å²) in [4.78, 5) is 0. The third-order valence-electron chi connectivity index (χ3n) is 2.75. The lowest BCUT2D eigenvalue weighted by Gasteiger charge is -2.08. The average molecular weight is 261 g/mol. The number of benzene rings is 2. The molecule has 0 aromatic heterocycles. The minimum absolute atomic E-state index is 0.340. The van der Waals surface area contributed by atoms with Gasteiger partial charge in [0.15, 0.2) is 11.6 Å². The third-order valence-corrected chi connectivity index (χ3v) is 2.75. The van der Waals surface area contributed by atoms with Crippen LogP contribution in [0.1, 0.15) is 11.1 Å². The summed E-state index contributed by atoms with van der Waals surface area (Å²) in [5, 5.41) is 12.2. The first-order valence-electron chi connectivity index (χ1n) is 5.98. The molecule has 0 saturated carbocycles. The number of hydrogen-bond acceptors (Lipinski definition) is 3. The molecule has 0 aliphatic rings. The summed E-state index contributed by atoms with van der Waals surface area (Å²) in [6.07, 6.45) is 0. The van der Waals surface area contributed by atoms with E-state index in [1.54, 1.807) is 13.2 Å². The molecule has 0 fully saturated rings. The van der Waals surface area contributed by atoms with Gasteiger partial charge < -0.3 is 15.2 Å². The molecule has 2 N–H and O–H groups in total. The molecule has 19 heavy (non-hydrogen) atoms. The van der Waals surface area contributed by atoms with Crippen molar-refractivity contribution in [2.45, 2.75) is 13.2 Å². The lowest BCUT2D eigenvalue weighted by Crippen LogP contribution is -2.00. The van der Waals surface area contributed by atoms with Crippen molar-refractivity contribution in [3.8, 4) is 5.75 Å². The molecule has 0 aliphatic heterocycles. The molecule has 100 valence electrons. The van der Waals surface area contributed by atoms with Crippen LogP contribution in [0.5, 0.6) is 5.75 Å². The molecular weight excluding hydrogens is 245 g/mol. The summed E-state index contributed by atoms with van der Waals surface area (Å²) in [7, 11) is 1.66. The van der Waals surface area contributed by atoms with Crippen LogP contribution in [0.3, 0.4) is 0 Å². The smallest absolute Gasteiger partial charge is 0.166 e. The molecule has 0 heterocycles. The average Bonchev–Trinajstić information content (AvgIpc) is 2.41. The van der Waals surface area contributed by atoms with Crippen LogP contribution in [-0.4, -0.2) is 12.2 Å². The second-order valence-electron chi connectivity index (χ2n) is 4.27. The minimum Gasteiger partial charge on any atom is -0.505 e. The molecule has 0 unspecified atom stereocenters. The zero-order valence-corrected chi connectivity index (χ0v) is 10.7. The predicted molar refractivity (Wildman–Crippen MR) is 72.5 cm³/mol. The SMILES string of the molecule is COCc1cccc(CNc2ccc(O)c(F)c2)c1. The molecule has 0 amide bonds. The van der Waals surface area contributed by atoms with Crippen LogP contribution < -0.4 is 5.32 Å². The van der Waals surface area contributed by atoms with Crippen LogP contribution >= 0.6 is 0 Å². The van der Waals surface area contributed by atoms with Crippen molar-refractivity contribution in [3.63, 3.8) is 0 Å². The van der Waals surface area contributed by atoms with Crippen LogP contribution in [0.25, 0.3) is 0 Å². The number of halogens is 1. The summed E-state index contributed by atoms with van der Waals surface area (Å²) in [6.45, 7) is 1.16. The van der Waals surface area contributed by atoms with Gasteiger partial charge in [-0.05, 0) is 23.3 Å². The van der Waals surface area contributed by atoms with E-state index in [9.17, 15) is 4.39 Å². The van der Waals surface area contributed by atoms with Gasteiger partial charge in [-0.25, -0.2) is 4.39 Å². The van der Waals surface area contributed by atoms with Gasteiger partial charge in [0.25, 0.3) is 0 Å². The van der Waals surface area contributed by atoms with E-state index in [1.807, 2.05) is 24.3 Å². The molecule has 0 aliphatic carbocycles. The van der Waals surface area contributed by atoms with Crippen molar-refractivity contribution in [2.75, 3.05) is 12.4 Å². The van der Waals surface area contributed by atoms with Gasteiger partial charge in [0, 0.05) is 25.4 Å². The Bertz CT molecular complexity index is 558. The molecule has 2 aromatic carbocycles. The molecule has 3 nitrogen and oxygen atoms in total. The highest BCUT2D eigenvalue weighted by atomic mass is 19.1. The number of aromatic hydroxyl groups is 1. The van der Waals surface area contributed by atoms with Crippen LogP contribution in [-0.2, 0) is 17.9 Å². The van der Waals surface area contributed by atoms with Gasteiger partial charge in [-0.1, -0.05) is 24.3 Å². The second-order valence-corrected chi connectivity index (χ2v) is 4.27. The fourth-order valence-corrected chi connectivity index (χ4v) is 1.82. The third kappa shape index (κ3) is 3.69. The predicted octanol–water partition coefficient (Wildman–Crippen LogP) is 3.29. The fourth-order valence-electron chi connectivity index (χ4n) is 1.82. The zero-order chi connectivity index (χ0) is 13.7. The number of ether oxygens (including phenoxy) is 1. The maximum Gasteiger partial charge on any atom is 0.166 e. The normalized spacial score (nSPS) is 10.4. The maximum atomic E-state index is 13.2. The Morgan fingerprint density at radius 1 is 1.16 bits per heavy atom. The summed E-state index contributed by atoms with van der Waals surface area (Å²) in [5.74, 6) is -0.967. The number of nitrogens with one attached hydrogen (secondary N) is 1. The lowest BCUT2D eigenvalue weighted by atomic mass is 10.1. The number of anilines is 1. The minimum atomic E-state index is -0.627. The van der Waals surface area contributed by atoms with Crippen molar-refractivity contribution < 1.29 is 14.2 Å². The molecule has 0 spiro atoms. The Labute approximate surface area is 111 Å². The lowest BCUT2D eigenvalue weighted by molar-refractivity contribution is 0.185. The Morgan fingerprint density at radius 2 is 1.95 bits per heavy atom. The number of phenols is 1. The van der Waals surface area contributed by atoms with E-state index in [0.29, 0.717) is 18.8 Å². The molecule has 0 saturated heterocycles. The molecule has 0 bridgehead atoms.